The maximum absolute atomic E-state index is 12.0. The van der Waals surface area contributed by atoms with Gasteiger partial charge in [0.25, 0.3) is 0 Å². The highest BCUT2D eigenvalue weighted by atomic mass is 32.2. The van der Waals surface area contributed by atoms with Crippen molar-refractivity contribution in [3.05, 3.63) is 34.8 Å². The molecule has 1 aromatic heterocycles. The number of aliphatic hydroxyl groups excluding tert-OH is 1. The first-order valence-electron chi connectivity index (χ1n) is 8.60. The number of hydrogen-bond donors (Lipinski definition) is 3. The summed E-state index contributed by atoms with van der Waals surface area (Å²) in [4.78, 5) is 4.50. The normalized spacial score (nSPS) is 26.3. The first-order valence-corrected chi connectivity index (χ1v) is 11.8. The quantitative estimate of drug-likeness (QED) is 0.567. The summed E-state index contributed by atoms with van der Waals surface area (Å²) in [5.74, 6) is 1.57. The van der Waals surface area contributed by atoms with E-state index >= 15 is 0 Å². The molecule has 0 saturated heterocycles. The van der Waals surface area contributed by atoms with Gasteiger partial charge >= 0.3 is 10.2 Å². The Morgan fingerprint density at radius 3 is 2.86 bits per heavy atom. The van der Waals surface area contributed by atoms with Crippen molar-refractivity contribution in [2.24, 2.45) is 9.39 Å². The SMILES string of the molecule is CC[C@@H](N=C1NS(=O)(=O)N=C1NC1=CSC(SN(C)C)C1O)c1ccc(C)o1. The largest absolute Gasteiger partial charge is 0.464 e. The topological polar surface area (TPSA) is 120 Å². The van der Waals surface area contributed by atoms with Crippen molar-refractivity contribution in [2.45, 2.75) is 37.0 Å². The summed E-state index contributed by atoms with van der Waals surface area (Å²) < 4.78 is 37.4. The zero-order chi connectivity index (χ0) is 20.5. The van der Waals surface area contributed by atoms with Crippen molar-refractivity contribution >= 4 is 45.6 Å². The van der Waals surface area contributed by atoms with Crippen molar-refractivity contribution in [1.29, 1.82) is 0 Å². The Morgan fingerprint density at radius 2 is 2.25 bits per heavy atom. The molecular formula is C16H23N5O4S3. The number of thioether (sulfide) groups is 1. The molecule has 0 saturated carbocycles. The lowest BCUT2D eigenvalue weighted by atomic mass is 10.2. The molecular weight excluding hydrogens is 422 g/mol. The highest BCUT2D eigenvalue weighted by Gasteiger charge is 2.34. The van der Waals surface area contributed by atoms with E-state index in [0.29, 0.717) is 17.9 Å². The van der Waals surface area contributed by atoms with Gasteiger partial charge in [-0.3, -0.25) is 9.30 Å². The van der Waals surface area contributed by atoms with Crippen LogP contribution in [0.4, 0.5) is 0 Å². The molecule has 3 N–H and O–H groups in total. The van der Waals surface area contributed by atoms with E-state index in [1.54, 1.807) is 5.41 Å². The Morgan fingerprint density at radius 1 is 1.50 bits per heavy atom. The smallest absolute Gasteiger partial charge is 0.345 e. The second kappa shape index (κ2) is 8.49. The predicted octanol–water partition coefficient (Wildman–Crippen LogP) is 1.76. The molecule has 154 valence electrons. The minimum absolute atomic E-state index is 0.0585. The molecule has 28 heavy (non-hydrogen) atoms. The van der Waals surface area contributed by atoms with Crippen LogP contribution in [0.3, 0.4) is 0 Å². The lowest BCUT2D eigenvalue weighted by molar-refractivity contribution is 0.226. The van der Waals surface area contributed by atoms with E-state index in [0.717, 1.165) is 5.76 Å². The Labute approximate surface area is 173 Å². The second-order valence-electron chi connectivity index (χ2n) is 6.43. The van der Waals surface area contributed by atoms with Crippen LogP contribution in [0.5, 0.6) is 0 Å². The lowest BCUT2D eigenvalue weighted by Gasteiger charge is -2.20. The third kappa shape index (κ3) is 4.92. The van der Waals surface area contributed by atoms with E-state index in [9.17, 15) is 13.5 Å². The van der Waals surface area contributed by atoms with Crippen molar-refractivity contribution in [3.8, 4) is 0 Å². The van der Waals surface area contributed by atoms with Gasteiger partial charge in [-0.2, -0.15) is 8.42 Å². The molecule has 2 aliphatic rings. The monoisotopic (exact) mass is 445 g/mol. The minimum atomic E-state index is -3.88. The number of nitrogens with one attached hydrogen (secondary N) is 2. The molecule has 1 aromatic rings. The van der Waals surface area contributed by atoms with Crippen LogP contribution in [0.2, 0.25) is 0 Å². The van der Waals surface area contributed by atoms with Gasteiger partial charge in [-0.25, -0.2) is 4.72 Å². The molecule has 2 unspecified atom stereocenters. The molecule has 0 spiro atoms. The van der Waals surface area contributed by atoms with Crippen molar-refractivity contribution in [1.82, 2.24) is 14.3 Å². The summed E-state index contributed by atoms with van der Waals surface area (Å²) >= 11 is 2.94. The summed E-state index contributed by atoms with van der Waals surface area (Å²) in [6, 6.07) is 3.30. The van der Waals surface area contributed by atoms with Crippen LogP contribution in [0.15, 0.2) is 37.0 Å². The first kappa shape index (κ1) is 21.2. The molecule has 2 aliphatic heterocycles. The van der Waals surface area contributed by atoms with Crippen LogP contribution in [0, 0.1) is 6.92 Å². The molecule has 0 fully saturated rings. The van der Waals surface area contributed by atoms with Gasteiger partial charge in [-0.1, -0.05) is 18.9 Å². The van der Waals surface area contributed by atoms with Crippen LogP contribution < -0.4 is 10.0 Å². The Kier molecular flexibility index (Phi) is 6.44. The number of amidine groups is 2. The van der Waals surface area contributed by atoms with Gasteiger partial charge in [0.1, 0.15) is 28.2 Å². The summed E-state index contributed by atoms with van der Waals surface area (Å²) in [6.07, 6.45) is -0.173. The van der Waals surface area contributed by atoms with Crippen molar-refractivity contribution in [3.63, 3.8) is 0 Å². The number of aliphatic imine (C=N–C) groups is 1. The zero-order valence-corrected chi connectivity index (χ0v) is 18.4. The minimum Gasteiger partial charge on any atom is -0.464 e. The fourth-order valence-corrected chi connectivity index (χ4v) is 5.78. The first-order chi connectivity index (χ1) is 13.2. The summed E-state index contributed by atoms with van der Waals surface area (Å²) in [7, 11) is -0.0906. The number of aryl methyl sites for hydroxylation is 1. The molecule has 0 aromatic carbocycles. The predicted molar refractivity (Wildman–Crippen MR) is 113 cm³/mol. The molecule has 3 atom stereocenters. The summed E-state index contributed by atoms with van der Waals surface area (Å²) in [5, 5.41) is 15.2. The Hall–Kier alpha value is -1.47. The van der Waals surface area contributed by atoms with Crippen LogP contribution in [-0.2, 0) is 10.2 Å². The number of rotatable bonds is 6. The van der Waals surface area contributed by atoms with Crippen LogP contribution in [0.1, 0.15) is 30.9 Å². The maximum Gasteiger partial charge on any atom is 0.345 e. The standard InChI is InChI=1S/C16H23N5O4S3/c1-5-10(12-7-6-9(2)25-12)17-14-15(20-28(23,24)19-14)18-11-8-26-16(13(11)22)27-21(3)4/h6-8,10,13,16,22H,5H2,1-4H3,(H,17,19)(H,18,20)/t10-,13?,16?/m1/s1. The number of nitrogens with zero attached hydrogens (tertiary/aromatic N) is 3. The molecule has 0 amide bonds. The number of furan rings is 1. The molecule has 12 heteroatoms. The Bertz CT molecular complexity index is 922. The molecule has 0 radical (unpaired) electrons. The average Bonchev–Trinajstić information content (AvgIpc) is 3.25. The van der Waals surface area contributed by atoms with Gasteiger partial charge in [0.15, 0.2) is 11.7 Å². The second-order valence-corrected chi connectivity index (χ2v) is 10.5. The van der Waals surface area contributed by atoms with E-state index in [4.69, 9.17) is 4.42 Å². The van der Waals surface area contributed by atoms with Crippen LogP contribution in [-0.4, -0.2) is 54.3 Å². The third-order valence-electron chi connectivity index (χ3n) is 3.91. The number of aliphatic hydroxyl groups is 1. The highest BCUT2D eigenvalue weighted by Crippen LogP contribution is 2.37. The van der Waals surface area contributed by atoms with Gasteiger partial charge < -0.3 is 14.8 Å². The van der Waals surface area contributed by atoms with Crippen molar-refractivity contribution in [2.75, 3.05) is 14.1 Å². The van der Waals surface area contributed by atoms with E-state index in [1.807, 2.05) is 44.4 Å². The third-order valence-corrected chi connectivity index (χ3v) is 7.17. The number of hydrogen-bond acceptors (Lipinski definition) is 9. The van der Waals surface area contributed by atoms with E-state index in [1.165, 1.54) is 23.7 Å². The van der Waals surface area contributed by atoms with Gasteiger partial charge in [-0.15, -0.1) is 16.2 Å². The fraction of sp³-hybridized carbons (Fsp3) is 0.500. The lowest BCUT2D eigenvalue weighted by Crippen LogP contribution is -2.38. The van der Waals surface area contributed by atoms with E-state index in [-0.39, 0.29) is 22.3 Å². The van der Waals surface area contributed by atoms with Crippen LogP contribution >= 0.6 is 23.7 Å². The molecule has 9 nitrogen and oxygen atoms in total. The molecule has 0 bridgehead atoms. The van der Waals surface area contributed by atoms with E-state index in [2.05, 4.69) is 19.4 Å². The summed E-state index contributed by atoms with van der Waals surface area (Å²) in [6.45, 7) is 3.77. The fourth-order valence-electron chi connectivity index (χ4n) is 2.63. The molecule has 0 aliphatic carbocycles. The summed E-state index contributed by atoms with van der Waals surface area (Å²) in [5.41, 5.74) is 0.483. The van der Waals surface area contributed by atoms with Gasteiger partial charge in [-0.05, 0) is 45.0 Å². The average molecular weight is 446 g/mol. The van der Waals surface area contributed by atoms with Gasteiger partial charge in [0, 0.05) is 0 Å². The van der Waals surface area contributed by atoms with E-state index < -0.39 is 16.3 Å². The molecule has 3 rings (SSSR count). The zero-order valence-electron chi connectivity index (χ0n) is 15.9. The van der Waals surface area contributed by atoms with Crippen molar-refractivity contribution < 1.29 is 17.9 Å². The highest BCUT2D eigenvalue weighted by molar-refractivity contribution is 8.17. The Balaban J connectivity index is 1.80. The maximum atomic E-state index is 12.0. The van der Waals surface area contributed by atoms with Gasteiger partial charge in [0.05, 0.1) is 5.70 Å². The molecule has 3 heterocycles. The van der Waals surface area contributed by atoms with Gasteiger partial charge in [0.2, 0.25) is 0 Å². The van der Waals surface area contributed by atoms with Crippen LogP contribution in [0.25, 0.3) is 0 Å².